The first kappa shape index (κ1) is 16.7. The maximum Gasteiger partial charge on any atom is 0.239 e. The van der Waals surface area contributed by atoms with Crippen molar-refractivity contribution in [1.29, 1.82) is 0 Å². The van der Waals surface area contributed by atoms with Crippen molar-refractivity contribution in [2.45, 2.75) is 44.4 Å². The topological polar surface area (TPSA) is 42.0 Å². The van der Waals surface area contributed by atoms with Gasteiger partial charge >= 0.3 is 0 Å². The van der Waals surface area contributed by atoms with Crippen molar-refractivity contribution < 1.29 is 4.79 Å². The van der Waals surface area contributed by atoms with Gasteiger partial charge in [-0.1, -0.05) is 65.6 Å². The predicted molar refractivity (Wildman–Crippen MR) is 94.9 cm³/mol. The summed E-state index contributed by atoms with van der Waals surface area (Å²) in [6.07, 6.45) is 3.80. The first-order chi connectivity index (χ1) is 10.0. The maximum absolute atomic E-state index is 12.1. The van der Waals surface area contributed by atoms with Crippen LogP contribution in [0, 0.1) is 0 Å². The number of anilines is 1. The van der Waals surface area contributed by atoms with Crippen LogP contribution in [-0.4, -0.2) is 15.7 Å². The number of thiazole rings is 1. The molecule has 0 spiro atoms. The lowest BCUT2D eigenvalue weighted by Gasteiger charge is -2.07. The van der Waals surface area contributed by atoms with Crippen molar-refractivity contribution >= 4 is 60.1 Å². The van der Waals surface area contributed by atoms with Gasteiger partial charge in [-0.2, -0.15) is 0 Å². The van der Waals surface area contributed by atoms with Gasteiger partial charge in [-0.25, -0.2) is 4.98 Å². The van der Waals surface area contributed by atoms with E-state index in [0.717, 1.165) is 41.5 Å². The molecule has 0 unspecified atom stereocenters. The van der Waals surface area contributed by atoms with Gasteiger partial charge in [-0.05, 0) is 30.5 Å². The molecule has 0 saturated heterocycles. The molecule has 1 aromatic carbocycles. The Labute approximate surface area is 142 Å². The number of rotatable bonds is 6. The number of unbranched alkanes of at least 4 members (excludes halogenated alkanes) is 1. The van der Waals surface area contributed by atoms with E-state index in [-0.39, 0.29) is 10.7 Å². The Hall–Kier alpha value is -0.650. The molecule has 0 fully saturated rings. The van der Waals surface area contributed by atoms with E-state index in [1.54, 1.807) is 0 Å². The van der Waals surface area contributed by atoms with E-state index in [4.69, 9.17) is 11.6 Å². The van der Waals surface area contributed by atoms with E-state index in [1.807, 2.05) is 12.1 Å². The van der Waals surface area contributed by atoms with E-state index < -0.39 is 0 Å². The minimum atomic E-state index is -0.168. The second-order valence-corrected chi connectivity index (χ2v) is 7.46. The standard InChI is InChI=1S/C15H18BrClN2OS/c1-3-5-6-11(16)14(20)19-15-18-13-9(4-2)7-10(17)8-12(13)21-15/h7-8,11H,3-6H2,1-2H3,(H,18,19,20)/t11-/m0/s1. The molecule has 0 aliphatic heterocycles. The van der Waals surface area contributed by atoms with Crippen LogP contribution >= 0.6 is 38.9 Å². The highest BCUT2D eigenvalue weighted by Gasteiger charge is 2.17. The number of nitrogens with one attached hydrogen (secondary N) is 1. The van der Waals surface area contributed by atoms with Gasteiger partial charge in [0.15, 0.2) is 5.13 Å². The number of amides is 1. The molecule has 114 valence electrons. The van der Waals surface area contributed by atoms with Crippen molar-refractivity contribution in [3.05, 3.63) is 22.7 Å². The Morgan fingerprint density at radius 1 is 1.48 bits per heavy atom. The molecule has 1 aromatic heterocycles. The number of alkyl halides is 1. The van der Waals surface area contributed by atoms with Gasteiger partial charge in [0.05, 0.1) is 15.0 Å². The van der Waals surface area contributed by atoms with Crippen molar-refractivity contribution in [3.8, 4) is 0 Å². The third-order valence-corrected chi connectivity index (χ3v) is 5.25. The predicted octanol–water partition coefficient (Wildman–Crippen LogP) is 5.40. The Kier molecular flexibility index (Phi) is 6.02. The molecule has 2 aromatic rings. The molecule has 6 heteroatoms. The molecule has 21 heavy (non-hydrogen) atoms. The second-order valence-electron chi connectivity index (χ2n) is 4.88. The molecule has 1 heterocycles. The molecule has 3 nitrogen and oxygen atoms in total. The molecule has 1 amide bonds. The SMILES string of the molecule is CCCC[C@H](Br)C(=O)Nc1nc2c(CC)cc(Cl)cc2s1. The van der Waals surface area contributed by atoms with Gasteiger partial charge in [0.1, 0.15) is 0 Å². The molecule has 2 rings (SSSR count). The van der Waals surface area contributed by atoms with Crippen molar-refractivity contribution in [2.24, 2.45) is 0 Å². The first-order valence-electron chi connectivity index (χ1n) is 7.09. The summed E-state index contributed by atoms with van der Waals surface area (Å²) in [7, 11) is 0. The number of hydrogen-bond donors (Lipinski definition) is 1. The molecule has 1 atom stereocenters. The zero-order chi connectivity index (χ0) is 15.4. The lowest BCUT2D eigenvalue weighted by Crippen LogP contribution is -2.22. The van der Waals surface area contributed by atoms with Crippen LogP contribution in [0.3, 0.4) is 0 Å². The fourth-order valence-corrected chi connectivity index (χ4v) is 3.78. The van der Waals surface area contributed by atoms with Gasteiger partial charge in [0, 0.05) is 5.02 Å². The number of hydrogen-bond acceptors (Lipinski definition) is 3. The number of aromatic nitrogens is 1. The number of fused-ring (bicyclic) bond motifs is 1. The molecule has 0 aliphatic carbocycles. The Balaban J connectivity index is 2.18. The summed E-state index contributed by atoms with van der Waals surface area (Å²) in [5, 5.41) is 4.23. The Bertz CT molecular complexity index is 644. The zero-order valence-electron chi connectivity index (χ0n) is 12.1. The number of halogens is 2. The fraction of sp³-hybridized carbons (Fsp3) is 0.467. The summed E-state index contributed by atoms with van der Waals surface area (Å²) >= 11 is 11.0. The van der Waals surface area contributed by atoms with Gasteiger partial charge in [-0.15, -0.1) is 0 Å². The van der Waals surface area contributed by atoms with Crippen LogP contribution in [-0.2, 0) is 11.2 Å². The van der Waals surface area contributed by atoms with E-state index in [2.05, 4.69) is 40.1 Å². The number of carbonyl (C=O) groups excluding carboxylic acids is 1. The largest absolute Gasteiger partial charge is 0.301 e. The smallest absolute Gasteiger partial charge is 0.239 e. The summed E-state index contributed by atoms with van der Waals surface area (Å²) in [5.74, 6) is -0.0355. The van der Waals surface area contributed by atoms with Gasteiger partial charge in [0.2, 0.25) is 5.91 Å². The quantitative estimate of drug-likeness (QED) is 0.672. The fourth-order valence-electron chi connectivity index (χ4n) is 2.08. The number of carbonyl (C=O) groups is 1. The highest BCUT2D eigenvalue weighted by molar-refractivity contribution is 9.10. The van der Waals surface area contributed by atoms with Crippen LogP contribution in [0.25, 0.3) is 10.2 Å². The molecule has 0 radical (unpaired) electrons. The van der Waals surface area contributed by atoms with Crippen LogP contribution in [0.4, 0.5) is 5.13 Å². The lowest BCUT2D eigenvalue weighted by atomic mass is 10.1. The first-order valence-corrected chi connectivity index (χ1v) is 9.20. The van der Waals surface area contributed by atoms with E-state index in [1.165, 1.54) is 11.3 Å². The average molecular weight is 390 g/mol. The van der Waals surface area contributed by atoms with E-state index >= 15 is 0 Å². The summed E-state index contributed by atoms with van der Waals surface area (Å²) in [4.78, 5) is 16.5. The summed E-state index contributed by atoms with van der Waals surface area (Å²) < 4.78 is 1.01. The zero-order valence-corrected chi connectivity index (χ0v) is 15.2. The van der Waals surface area contributed by atoms with Gasteiger partial charge in [-0.3, -0.25) is 4.79 Å². The maximum atomic E-state index is 12.1. The third kappa shape index (κ3) is 4.18. The van der Waals surface area contributed by atoms with E-state index in [9.17, 15) is 4.79 Å². The van der Waals surface area contributed by atoms with Crippen molar-refractivity contribution in [2.75, 3.05) is 5.32 Å². The molecule has 0 aliphatic rings. The summed E-state index contributed by atoms with van der Waals surface area (Å²) in [6.45, 7) is 4.18. The van der Waals surface area contributed by atoms with Crippen molar-refractivity contribution in [1.82, 2.24) is 4.98 Å². The molecule has 1 N–H and O–H groups in total. The number of benzene rings is 1. The normalized spacial score (nSPS) is 12.6. The Morgan fingerprint density at radius 3 is 2.90 bits per heavy atom. The molecular weight excluding hydrogens is 372 g/mol. The van der Waals surface area contributed by atoms with Crippen LogP contribution in [0.5, 0.6) is 0 Å². The third-order valence-electron chi connectivity index (χ3n) is 3.25. The molecular formula is C15H18BrClN2OS. The van der Waals surface area contributed by atoms with Crippen LogP contribution in [0.15, 0.2) is 12.1 Å². The van der Waals surface area contributed by atoms with Gasteiger partial charge < -0.3 is 5.32 Å². The van der Waals surface area contributed by atoms with Gasteiger partial charge in [0.25, 0.3) is 0 Å². The van der Waals surface area contributed by atoms with Crippen LogP contribution in [0.2, 0.25) is 5.02 Å². The second kappa shape index (κ2) is 7.56. The minimum absolute atomic E-state index is 0.0355. The number of nitrogens with zero attached hydrogens (tertiary/aromatic N) is 1. The number of aryl methyl sites for hydroxylation is 1. The molecule has 0 bridgehead atoms. The van der Waals surface area contributed by atoms with Crippen LogP contribution < -0.4 is 5.32 Å². The lowest BCUT2D eigenvalue weighted by molar-refractivity contribution is -0.115. The summed E-state index contributed by atoms with van der Waals surface area (Å²) in [6, 6.07) is 3.83. The average Bonchev–Trinajstić information content (AvgIpc) is 2.85. The summed E-state index contributed by atoms with van der Waals surface area (Å²) in [5.41, 5.74) is 2.04. The Morgan fingerprint density at radius 2 is 2.24 bits per heavy atom. The monoisotopic (exact) mass is 388 g/mol. The van der Waals surface area contributed by atoms with E-state index in [0.29, 0.717) is 10.2 Å². The highest BCUT2D eigenvalue weighted by Crippen LogP contribution is 2.32. The van der Waals surface area contributed by atoms with Crippen LogP contribution in [0.1, 0.15) is 38.7 Å². The molecule has 0 saturated carbocycles. The van der Waals surface area contributed by atoms with Crippen molar-refractivity contribution in [3.63, 3.8) is 0 Å². The minimum Gasteiger partial charge on any atom is -0.301 e. The highest BCUT2D eigenvalue weighted by atomic mass is 79.9.